The molecule has 41 heavy (non-hydrogen) atoms. The maximum absolute atomic E-state index is 13.7. The minimum absolute atomic E-state index is 0.0649. The molecular weight excluding hydrogens is 555 g/mol. The molecule has 3 fully saturated rings. The summed E-state index contributed by atoms with van der Waals surface area (Å²) in [6.07, 6.45) is 2.56. The lowest BCUT2D eigenvalue weighted by Crippen LogP contribution is -2.67. The molecule has 2 aliphatic carbocycles. The fourth-order valence-corrected chi connectivity index (χ4v) is 13.5. The number of ether oxygens (including phenoxy) is 2. The van der Waals surface area contributed by atoms with E-state index in [1.165, 1.54) is 10.4 Å². The predicted molar refractivity (Wildman–Crippen MR) is 163 cm³/mol. The van der Waals surface area contributed by atoms with Crippen molar-refractivity contribution in [2.75, 3.05) is 33.0 Å². The van der Waals surface area contributed by atoms with Crippen LogP contribution in [0.4, 0.5) is 0 Å². The first-order valence-corrected chi connectivity index (χ1v) is 18.2. The van der Waals surface area contributed by atoms with Crippen LogP contribution in [0.5, 0.6) is 0 Å². The van der Waals surface area contributed by atoms with Gasteiger partial charge >= 0.3 is 7.82 Å². The molecule has 2 bridgehead atoms. The van der Waals surface area contributed by atoms with Crippen molar-refractivity contribution in [1.82, 2.24) is 0 Å². The highest BCUT2D eigenvalue weighted by atomic mass is 31.2. The Morgan fingerprint density at radius 1 is 0.951 bits per heavy atom. The summed E-state index contributed by atoms with van der Waals surface area (Å²) in [6.45, 7) is 16.6. The summed E-state index contributed by atoms with van der Waals surface area (Å²) in [7, 11) is -6.77. The number of phosphoric ester groups is 1. The largest absolute Gasteiger partial charge is 0.529 e. The minimum Gasteiger partial charge on any atom is -0.408 e. The highest BCUT2D eigenvalue weighted by Crippen LogP contribution is 2.69. The summed E-state index contributed by atoms with van der Waals surface area (Å²) in [4.78, 5) is 0. The third kappa shape index (κ3) is 5.20. The number of rotatable bonds is 12. The molecule has 7 nitrogen and oxygen atoms in total. The normalized spacial score (nSPS) is 25.6. The van der Waals surface area contributed by atoms with Crippen molar-refractivity contribution < 1.29 is 32.0 Å². The minimum atomic E-state index is -3.88. The molecule has 1 heterocycles. The molecule has 0 N–H and O–H groups in total. The van der Waals surface area contributed by atoms with Gasteiger partial charge < -0.3 is 18.4 Å². The summed E-state index contributed by atoms with van der Waals surface area (Å²) in [5, 5.41) is 2.19. The second kappa shape index (κ2) is 11.7. The molecule has 224 valence electrons. The van der Waals surface area contributed by atoms with Crippen LogP contribution in [0.1, 0.15) is 53.9 Å². The van der Waals surface area contributed by atoms with E-state index in [4.69, 9.17) is 27.5 Å². The molecule has 3 atom stereocenters. The summed E-state index contributed by atoms with van der Waals surface area (Å²) < 4.78 is 51.1. The molecule has 9 heteroatoms. The smallest absolute Gasteiger partial charge is 0.408 e. The number of benzene rings is 2. The highest BCUT2D eigenvalue weighted by molar-refractivity contribution is 7.48. The molecule has 1 saturated heterocycles. The molecule has 0 radical (unpaired) electrons. The lowest BCUT2D eigenvalue weighted by molar-refractivity contribution is -0.199. The standard InChI is InChI=1S/C32H45O7PSi/c1-7-36-40(33,37-8-2)39-25(3)31(26-19-20-29(31)32(23-26)34-21-22-35-32)24-38-41(30(4,5)6,27-15-11-9-12-16-27)28-17-13-10-14-18-28/h9-18,26,29H,3,7-8,19-24H2,1-2,4-6H3/t26-,29-,31?/m1/s1. The van der Waals surface area contributed by atoms with Crippen LogP contribution < -0.4 is 10.4 Å². The Labute approximate surface area is 246 Å². The molecule has 0 amide bonds. The second-order valence-electron chi connectivity index (χ2n) is 12.3. The van der Waals surface area contributed by atoms with Crippen molar-refractivity contribution in [3.8, 4) is 0 Å². The molecule has 0 aromatic heterocycles. The van der Waals surface area contributed by atoms with Gasteiger partial charge in [-0.25, -0.2) is 4.57 Å². The molecule has 2 aromatic carbocycles. The lowest BCUT2D eigenvalue weighted by Gasteiger charge is -2.46. The zero-order valence-corrected chi connectivity index (χ0v) is 27.0. The summed E-state index contributed by atoms with van der Waals surface area (Å²) >= 11 is 0. The van der Waals surface area contributed by atoms with Crippen LogP contribution in [0.2, 0.25) is 5.04 Å². The molecule has 1 unspecified atom stereocenters. The topological polar surface area (TPSA) is 72.5 Å². The quantitative estimate of drug-likeness (QED) is 0.158. The van der Waals surface area contributed by atoms with E-state index in [2.05, 4.69) is 75.9 Å². The van der Waals surface area contributed by atoms with Crippen molar-refractivity contribution in [3.05, 3.63) is 73.0 Å². The average molecular weight is 601 g/mol. The number of phosphoric acid groups is 1. The number of hydrogen-bond donors (Lipinski definition) is 0. The van der Waals surface area contributed by atoms with E-state index in [1.54, 1.807) is 13.8 Å². The van der Waals surface area contributed by atoms with Crippen LogP contribution in [0, 0.1) is 17.3 Å². The first-order valence-electron chi connectivity index (χ1n) is 14.9. The van der Waals surface area contributed by atoms with Gasteiger partial charge in [0.2, 0.25) is 0 Å². The van der Waals surface area contributed by atoms with Gasteiger partial charge in [0, 0.05) is 18.9 Å². The Morgan fingerprint density at radius 3 is 1.98 bits per heavy atom. The number of hydrogen-bond acceptors (Lipinski definition) is 7. The third-order valence-corrected chi connectivity index (χ3v) is 15.8. The number of fused-ring (bicyclic) bond motifs is 3. The third-order valence-electron chi connectivity index (χ3n) is 9.25. The van der Waals surface area contributed by atoms with Gasteiger partial charge in [0.25, 0.3) is 8.32 Å². The van der Waals surface area contributed by atoms with Crippen molar-refractivity contribution in [2.45, 2.75) is 64.7 Å². The highest BCUT2D eigenvalue weighted by Gasteiger charge is 2.71. The molecule has 1 aliphatic heterocycles. The monoisotopic (exact) mass is 600 g/mol. The Kier molecular flexibility index (Phi) is 8.77. The maximum atomic E-state index is 13.7. The fourth-order valence-electron chi connectivity index (χ4n) is 7.68. The van der Waals surface area contributed by atoms with Crippen molar-refractivity contribution in [3.63, 3.8) is 0 Å². The molecule has 1 spiro atoms. The summed E-state index contributed by atoms with van der Waals surface area (Å²) in [5.74, 6) is -0.285. The van der Waals surface area contributed by atoms with Crippen molar-refractivity contribution in [1.29, 1.82) is 0 Å². The first-order chi connectivity index (χ1) is 19.6. The van der Waals surface area contributed by atoms with Crippen LogP contribution in [0.15, 0.2) is 73.0 Å². The van der Waals surface area contributed by atoms with E-state index >= 15 is 0 Å². The van der Waals surface area contributed by atoms with Crippen LogP contribution in [-0.4, -0.2) is 47.1 Å². The molecule has 5 rings (SSSR count). The van der Waals surface area contributed by atoms with E-state index in [9.17, 15) is 4.57 Å². The van der Waals surface area contributed by atoms with Crippen LogP contribution in [-0.2, 0) is 32.0 Å². The lowest BCUT2D eigenvalue weighted by atomic mass is 9.76. The van der Waals surface area contributed by atoms with E-state index in [0.717, 1.165) is 19.3 Å². The van der Waals surface area contributed by atoms with Crippen LogP contribution in [0.3, 0.4) is 0 Å². The van der Waals surface area contributed by atoms with E-state index in [1.807, 2.05) is 12.1 Å². The Balaban J connectivity index is 1.61. The summed E-state index contributed by atoms with van der Waals surface area (Å²) in [6, 6.07) is 21.2. The van der Waals surface area contributed by atoms with Gasteiger partial charge in [0.05, 0.1) is 31.8 Å². The van der Waals surface area contributed by atoms with Crippen LogP contribution in [0.25, 0.3) is 0 Å². The fraction of sp³-hybridized carbons (Fsp3) is 0.562. The Bertz CT molecular complexity index is 1190. The van der Waals surface area contributed by atoms with Gasteiger partial charge in [-0.2, -0.15) is 0 Å². The molecular formula is C32H45O7PSi. The summed E-state index contributed by atoms with van der Waals surface area (Å²) in [5.41, 5.74) is -0.693. The first kappa shape index (κ1) is 30.7. The van der Waals surface area contributed by atoms with Crippen molar-refractivity contribution >= 4 is 26.5 Å². The SMILES string of the molecule is C=C(OP(=O)(OCC)OCC)C1(CO[Si](c2ccccc2)(c2ccccc2)C(C)(C)C)[C@@H]2CC[C@H]1C1(C2)OCCO1. The van der Waals surface area contributed by atoms with Gasteiger partial charge in [0.15, 0.2) is 5.79 Å². The Hall–Kier alpha value is -1.77. The Morgan fingerprint density at radius 2 is 1.49 bits per heavy atom. The van der Waals surface area contributed by atoms with E-state index < -0.39 is 27.3 Å². The predicted octanol–water partition coefficient (Wildman–Crippen LogP) is 6.43. The van der Waals surface area contributed by atoms with E-state index in [0.29, 0.717) is 25.6 Å². The van der Waals surface area contributed by atoms with Gasteiger partial charge in [-0.05, 0) is 48.0 Å². The van der Waals surface area contributed by atoms with Gasteiger partial charge in [-0.15, -0.1) is 0 Å². The van der Waals surface area contributed by atoms with Crippen LogP contribution >= 0.6 is 7.82 Å². The maximum Gasteiger partial charge on any atom is 0.529 e. The van der Waals surface area contributed by atoms with Gasteiger partial charge in [0.1, 0.15) is 5.76 Å². The van der Waals surface area contributed by atoms with Gasteiger partial charge in [-0.3, -0.25) is 9.05 Å². The molecule has 2 saturated carbocycles. The van der Waals surface area contributed by atoms with E-state index in [-0.39, 0.29) is 30.1 Å². The van der Waals surface area contributed by atoms with Crippen molar-refractivity contribution in [2.24, 2.45) is 17.3 Å². The molecule has 2 aromatic rings. The molecule has 3 aliphatic rings. The average Bonchev–Trinajstić information content (AvgIpc) is 3.62. The zero-order valence-electron chi connectivity index (χ0n) is 25.1. The zero-order chi connectivity index (χ0) is 29.4. The second-order valence-corrected chi connectivity index (χ2v) is 18.2. The van der Waals surface area contributed by atoms with Gasteiger partial charge in [-0.1, -0.05) is 88.0 Å².